The molecule has 212 valence electrons. The van der Waals surface area contributed by atoms with Gasteiger partial charge in [0.2, 0.25) is 11.8 Å². The van der Waals surface area contributed by atoms with Gasteiger partial charge in [-0.2, -0.15) is 0 Å². The number of ether oxygens (including phenoxy) is 1. The summed E-state index contributed by atoms with van der Waals surface area (Å²) in [5, 5.41) is 3.08. The molecule has 0 unspecified atom stereocenters. The summed E-state index contributed by atoms with van der Waals surface area (Å²) in [4.78, 5) is 28.9. The van der Waals surface area contributed by atoms with Crippen LogP contribution in [-0.2, 0) is 26.2 Å². The Morgan fingerprint density at radius 1 is 1.00 bits per heavy atom. The fraction of sp³-hybridized carbons (Fsp3) is 0.333. The number of carbonyl (C=O) groups is 2. The number of carbonyl (C=O) groups excluding carboxylic acids is 2. The zero-order valence-electron chi connectivity index (χ0n) is 22.6. The fourth-order valence-electron chi connectivity index (χ4n) is 4.88. The molecule has 0 heterocycles. The first-order chi connectivity index (χ1) is 19.2. The molecule has 0 saturated heterocycles. The van der Waals surface area contributed by atoms with Crippen molar-refractivity contribution in [3.8, 4) is 5.75 Å². The molecule has 2 amide bonds. The molecule has 1 atom stereocenters. The number of methoxy groups -OCH3 is 1. The first kappa shape index (κ1) is 29.6. The summed E-state index contributed by atoms with van der Waals surface area (Å²) in [6, 6.07) is 21.3. The number of rotatable bonds is 11. The van der Waals surface area contributed by atoms with Gasteiger partial charge in [0.1, 0.15) is 18.3 Å². The Morgan fingerprint density at radius 2 is 1.68 bits per heavy atom. The molecule has 10 heteroatoms. The molecule has 0 aliphatic heterocycles. The molecule has 4 rings (SSSR count). The number of anilines is 1. The highest BCUT2D eigenvalue weighted by Gasteiger charge is 2.34. The van der Waals surface area contributed by atoms with E-state index in [4.69, 9.17) is 4.74 Å². The number of nitrogens with zero attached hydrogens (tertiary/aromatic N) is 2. The van der Waals surface area contributed by atoms with Crippen LogP contribution in [0.3, 0.4) is 0 Å². The van der Waals surface area contributed by atoms with Crippen LogP contribution >= 0.6 is 15.9 Å². The third-order valence-corrected chi connectivity index (χ3v) is 9.34. The summed E-state index contributed by atoms with van der Waals surface area (Å²) in [5.74, 6) is -0.468. The third-order valence-electron chi connectivity index (χ3n) is 7.07. The largest absolute Gasteiger partial charge is 0.495 e. The van der Waals surface area contributed by atoms with Crippen molar-refractivity contribution in [2.24, 2.45) is 0 Å². The smallest absolute Gasteiger partial charge is 0.264 e. The van der Waals surface area contributed by atoms with E-state index in [1.165, 1.54) is 24.1 Å². The molecule has 1 aliphatic rings. The van der Waals surface area contributed by atoms with Gasteiger partial charge in [-0.05, 0) is 61.7 Å². The Morgan fingerprint density at radius 3 is 2.35 bits per heavy atom. The second kappa shape index (κ2) is 13.3. The fourth-order valence-corrected chi connectivity index (χ4v) is 6.77. The number of halogens is 1. The maximum Gasteiger partial charge on any atom is 0.264 e. The first-order valence-electron chi connectivity index (χ1n) is 13.3. The van der Waals surface area contributed by atoms with Crippen molar-refractivity contribution in [2.45, 2.75) is 56.1 Å². The maximum atomic E-state index is 14.1. The Bertz CT molecular complexity index is 1430. The van der Waals surface area contributed by atoms with Crippen LogP contribution in [0, 0.1) is 0 Å². The topological polar surface area (TPSA) is 96.0 Å². The van der Waals surface area contributed by atoms with Gasteiger partial charge in [-0.15, -0.1) is 0 Å². The first-order valence-corrected chi connectivity index (χ1v) is 15.5. The zero-order valence-corrected chi connectivity index (χ0v) is 25.0. The van der Waals surface area contributed by atoms with Crippen molar-refractivity contribution in [3.05, 3.63) is 88.9 Å². The lowest BCUT2D eigenvalue weighted by molar-refractivity contribution is -0.139. The third kappa shape index (κ3) is 7.03. The van der Waals surface area contributed by atoms with E-state index < -0.39 is 28.5 Å². The van der Waals surface area contributed by atoms with Crippen LogP contribution in [0.1, 0.15) is 38.2 Å². The van der Waals surface area contributed by atoms with E-state index in [1.807, 2.05) is 24.3 Å². The average molecular weight is 629 g/mol. The molecule has 0 spiro atoms. The molecule has 1 saturated carbocycles. The SMILES string of the molecule is COc1ccccc1N(CC(=O)N(Cc1cccc(Br)c1)[C@H](C)C(=O)NC1CCCC1)S(=O)(=O)c1ccccc1. The van der Waals surface area contributed by atoms with Gasteiger partial charge in [-0.1, -0.05) is 71.2 Å². The second-order valence-electron chi connectivity index (χ2n) is 9.81. The number of para-hydroxylation sites is 2. The number of nitrogens with one attached hydrogen (secondary N) is 1. The summed E-state index contributed by atoms with van der Waals surface area (Å²) >= 11 is 3.47. The lowest BCUT2D eigenvalue weighted by atomic mass is 10.1. The number of sulfonamides is 1. The van der Waals surface area contributed by atoms with Crippen LogP contribution in [0.25, 0.3) is 0 Å². The summed E-state index contributed by atoms with van der Waals surface area (Å²) in [5.41, 5.74) is 1.03. The van der Waals surface area contributed by atoms with E-state index in [-0.39, 0.29) is 29.1 Å². The van der Waals surface area contributed by atoms with Gasteiger partial charge < -0.3 is 15.0 Å². The standard InChI is InChI=1S/C30H34BrN3O5S/c1-22(30(36)32-25-13-6-7-14-25)33(20-23-11-10-12-24(31)19-23)29(35)21-34(27-17-8-9-18-28(27)39-2)40(37,38)26-15-4-3-5-16-26/h3-5,8-12,15-19,22,25H,6-7,13-14,20-21H2,1-2H3,(H,32,36)/t22-/m1/s1. The molecule has 40 heavy (non-hydrogen) atoms. The number of hydrogen-bond donors (Lipinski definition) is 1. The van der Waals surface area contributed by atoms with Gasteiger partial charge in [0.05, 0.1) is 17.7 Å². The second-order valence-corrected chi connectivity index (χ2v) is 12.6. The van der Waals surface area contributed by atoms with Crippen molar-refractivity contribution in [2.75, 3.05) is 18.0 Å². The van der Waals surface area contributed by atoms with Crippen molar-refractivity contribution in [1.82, 2.24) is 10.2 Å². The summed E-state index contributed by atoms with van der Waals surface area (Å²) in [6.45, 7) is 1.29. The Kier molecular flexibility index (Phi) is 9.86. The zero-order chi connectivity index (χ0) is 28.7. The normalized spacial score (nSPS) is 14.4. The summed E-state index contributed by atoms with van der Waals surface area (Å²) in [6.07, 6.45) is 3.94. The lowest BCUT2D eigenvalue weighted by Crippen LogP contribution is -2.52. The van der Waals surface area contributed by atoms with E-state index in [1.54, 1.807) is 49.4 Å². The Hall–Kier alpha value is -3.37. The van der Waals surface area contributed by atoms with Crippen LogP contribution in [-0.4, -0.2) is 50.9 Å². The van der Waals surface area contributed by atoms with Crippen molar-refractivity contribution < 1.29 is 22.7 Å². The van der Waals surface area contributed by atoms with E-state index in [9.17, 15) is 18.0 Å². The maximum absolute atomic E-state index is 14.1. The Labute approximate surface area is 244 Å². The molecule has 8 nitrogen and oxygen atoms in total. The molecule has 1 N–H and O–H groups in total. The van der Waals surface area contributed by atoms with Gasteiger partial charge in [0, 0.05) is 17.1 Å². The number of amides is 2. The minimum atomic E-state index is -4.16. The average Bonchev–Trinajstić information content (AvgIpc) is 3.47. The predicted octanol–water partition coefficient (Wildman–Crippen LogP) is 5.13. The molecule has 0 radical (unpaired) electrons. The lowest BCUT2D eigenvalue weighted by Gasteiger charge is -2.32. The molecular weight excluding hydrogens is 594 g/mol. The highest BCUT2D eigenvalue weighted by Crippen LogP contribution is 2.32. The van der Waals surface area contributed by atoms with E-state index in [2.05, 4.69) is 21.2 Å². The van der Waals surface area contributed by atoms with Gasteiger partial charge in [0.25, 0.3) is 10.0 Å². The van der Waals surface area contributed by atoms with E-state index in [0.29, 0.717) is 5.75 Å². The minimum Gasteiger partial charge on any atom is -0.495 e. The molecule has 0 aromatic heterocycles. The monoisotopic (exact) mass is 627 g/mol. The quantitative estimate of drug-likeness (QED) is 0.318. The molecule has 1 fully saturated rings. The molecular formula is C30H34BrN3O5S. The van der Waals surface area contributed by atoms with E-state index in [0.717, 1.165) is 40.0 Å². The number of hydrogen-bond acceptors (Lipinski definition) is 5. The van der Waals surface area contributed by atoms with Gasteiger partial charge >= 0.3 is 0 Å². The summed E-state index contributed by atoms with van der Waals surface area (Å²) in [7, 11) is -2.71. The van der Waals surface area contributed by atoms with Crippen LogP contribution in [0.5, 0.6) is 5.75 Å². The predicted molar refractivity (Wildman–Crippen MR) is 159 cm³/mol. The van der Waals surface area contributed by atoms with Crippen LogP contribution in [0.15, 0.2) is 88.2 Å². The van der Waals surface area contributed by atoms with Gasteiger partial charge in [-0.3, -0.25) is 13.9 Å². The van der Waals surface area contributed by atoms with Crippen molar-refractivity contribution in [3.63, 3.8) is 0 Å². The van der Waals surface area contributed by atoms with Crippen molar-refractivity contribution >= 4 is 43.5 Å². The minimum absolute atomic E-state index is 0.0410. The van der Waals surface area contributed by atoms with Crippen LogP contribution < -0.4 is 14.4 Å². The molecule has 1 aliphatic carbocycles. The van der Waals surface area contributed by atoms with E-state index >= 15 is 0 Å². The highest BCUT2D eigenvalue weighted by atomic mass is 79.9. The molecule has 3 aromatic rings. The van der Waals surface area contributed by atoms with Crippen LogP contribution in [0.2, 0.25) is 0 Å². The summed E-state index contributed by atoms with van der Waals surface area (Å²) < 4.78 is 35.2. The molecule has 0 bridgehead atoms. The van der Waals surface area contributed by atoms with Crippen molar-refractivity contribution in [1.29, 1.82) is 0 Å². The van der Waals surface area contributed by atoms with Crippen LogP contribution in [0.4, 0.5) is 5.69 Å². The Balaban J connectivity index is 1.70. The highest BCUT2D eigenvalue weighted by molar-refractivity contribution is 9.10. The number of benzene rings is 3. The van der Waals surface area contributed by atoms with Gasteiger partial charge in [0.15, 0.2) is 0 Å². The van der Waals surface area contributed by atoms with Gasteiger partial charge in [-0.25, -0.2) is 8.42 Å². The molecule has 3 aromatic carbocycles.